The largest absolute Gasteiger partial charge is 0.354 e. The Morgan fingerprint density at radius 3 is 2.33 bits per heavy atom. The quantitative estimate of drug-likeness (QED) is 0.816. The van der Waals surface area contributed by atoms with Crippen molar-refractivity contribution in [1.29, 1.82) is 0 Å². The van der Waals surface area contributed by atoms with Gasteiger partial charge in [-0.2, -0.15) is 0 Å². The second kappa shape index (κ2) is 7.19. The second-order valence-electron chi connectivity index (χ2n) is 4.18. The molecule has 2 unspecified atom stereocenters. The summed E-state index contributed by atoms with van der Waals surface area (Å²) in [5.74, 6) is -0.252. The van der Waals surface area contributed by atoms with Crippen LogP contribution in [0.2, 0.25) is 0 Å². The van der Waals surface area contributed by atoms with Crippen molar-refractivity contribution in [2.45, 2.75) is 32.2 Å². The Kier molecular flexibility index (Phi) is 6.21. The standard InChI is InChI=1S/C13H19BrFNO2/c1-8(16-9(2)13(17-3)18-4)11-6-5-10(15)7-12(11)14/h5-9,13,16H,1-4H3. The van der Waals surface area contributed by atoms with Gasteiger partial charge in [-0.15, -0.1) is 0 Å². The summed E-state index contributed by atoms with van der Waals surface area (Å²) in [5.41, 5.74) is 0.995. The van der Waals surface area contributed by atoms with Crippen LogP contribution in [0.15, 0.2) is 22.7 Å². The van der Waals surface area contributed by atoms with Crippen molar-refractivity contribution >= 4 is 15.9 Å². The van der Waals surface area contributed by atoms with Gasteiger partial charge in [0.2, 0.25) is 0 Å². The van der Waals surface area contributed by atoms with E-state index < -0.39 is 0 Å². The third kappa shape index (κ3) is 4.02. The molecule has 18 heavy (non-hydrogen) atoms. The van der Waals surface area contributed by atoms with Gasteiger partial charge >= 0.3 is 0 Å². The molecule has 0 radical (unpaired) electrons. The molecule has 0 amide bonds. The Morgan fingerprint density at radius 1 is 1.22 bits per heavy atom. The fraction of sp³-hybridized carbons (Fsp3) is 0.538. The average Bonchev–Trinajstić information content (AvgIpc) is 2.30. The molecule has 1 aromatic carbocycles. The number of nitrogens with one attached hydrogen (secondary N) is 1. The Bertz CT molecular complexity index is 385. The summed E-state index contributed by atoms with van der Waals surface area (Å²) in [7, 11) is 3.20. The van der Waals surface area contributed by atoms with E-state index in [1.54, 1.807) is 20.3 Å². The Balaban J connectivity index is 2.72. The summed E-state index contributed by atoms with van der Waals surface area (Å²) in [6.45, 7) is 3.99. The van der Waals surface area contributed by atoms with Crippen molar-refractivity contribution in [3.8, 4) is 0 Å². The molecule has 0 fully saturated rings. The molecule has 102 valence electrons. The maximum Gasteiger partial charge on any atom is 0.171 e. The van der Waals surface area contributed by atoms with Crippen LogP contribution in [0.25, 0.3) is 0 Å². The Hall–Kier alpha value is -0.490. The van der Waals surface area contributed by atoms with E-state index in [0.717, 1.165) is 10.0 Å². The van der Waals surface area contributed by atoms with E-state index in [1.165, 1.54) is 12.1 Å². The zero-order valence-electron chi connectivity index (χ0n) is 11.0. The molecule has 2 atom stereocenters. The van der Waals surface area contributed by atoms with Crippen molar-refractivity contribution in [2.75, 3.05) is 14.2 Å². The van der Waals surface area contributed by atoms with Crippen LogP contribution >= 0.6 is 15.9 Å². The molecule has 0 saturated heterocycles. The summed E-state index contributed by atoms with van der Waals surface area (Å²) >= 11 is 3.37. The van der Waals surface area contributed by atoms with Crippen LogP contribution in [0, 0.1) is 5.82 Å². The summed E-state index contributed by atoms with van der Waals surface area (Å²) in [5, 5.41) is 3.36. The number of hydrogen-bond acceptors (Lipinski definition) is 3. The SMILES string of the molecule is COC(OC)C(C)NC(C)c1ccc(F)cc1Br. The predicted molar refractivity (Wildman–Crippen MR) is 72.9 cm³/mol. The van der Waals surface area contributed by atoms with Crippen LogP contribution in [-0.2, 0) is 9.47 Å². The minimum Gasteiger partial charge on any atom is -0.354 e. The molecule has 0 aliphatic rings. The van der Waals surface area contributed by atoms with Crippen LogP contribution in [0.4, 0.5) is 4.39 Å². The van der Waals surface area contributed by atoms with Gasteiger partial charge in [0.05, 0.1) is 6.04 Å². The number of benzene rings is 1. The van der Waals surface area contributed by atoms with E-state index in [9.17, 15) is 4.39 Å². The lowest BCUT2D eigenvalue weighted by Gasteiger charge is -2.26. The highest BCUT2D eigenvalue weighted by Crippen LogP contribution is 2.24. The highest BCUT2D eigenvalue weighted by Gasteiger charge is 2.19. The normalized spacial score (nSPS) is 14.8. The maximum absolute atomic E-state index is 13.0. The molecule has 1 N–H and O–H groups in total. The van der Waals surface area contributed by atoms with Crippen LogP contribution in [0.3, 0.4) is 0 Å². The van der Waals surface area contributed by atoms with E-state index >= 15 is 0 Å². The lowest BCUT2D eigenvalue weighted by molar-refractivity contribution is -0.120. The van der Waals surface area contributed by atoms with Crippen molar-refractivity contribution < 1.29 is 13.9 Å². The van der Waals surface area contributed by atoms with E-state index in [1.807, 2.05) is 13.8 Å². The zero-order chi connectivity index (χ0) is 13.7. The predicted octanol–water partition coefficient (Wildman–Crippen LogP) is 3.25. The number of ether oxygens (including phenoxy) is 2. The fourth-order valence-corrected chi connectivity index (χ4v) is 2.61. The van der Waals surface area contributed by atoms with Gasteiger partial charge < -0.3 is 14.8 Å². The average molecular weight is 320 g/mol. The third-order valence-electron chi connectivity index (χ3n) is 2.81. The number of halogens is 2. The van der Waals surface area contributed by atoms with Crippen molar-refractivity contribution in [1.82, 2.24) is 5.32 Å². The Morgan fingerprint density at radius 2 is 1.83 bits per heavy atom. The molecule has 0 bridgehead atoms. The van der Waals surface area contributed by atoms with E-state index in [0.29, 0.717) is 0 Å². The molecule has 0 spiro atoms. The van der Waals surface area contributed by atoms with Crippen LogP contribution < -0.4 is 5.32 Å². The van der Waals surface area contributed by atoms with Crippen molar-refractivity contribution in [3.63, 3.8) is 0 Å². The molecule has 0 aromatic heterocycles. The van der Waals surface area contributed by atoms with Crippen LogP contribution in [0.1, 0.15) is 25.5 Å². The number of rotatable bonds is 6. The number of hydrogen-bond donors (Lipinski definition) is 1. The molecule has 0 heterocycles. The first kappa shape index (κ1) is 15.6. The topological polar surface area (TPSA) is 30.5 Å². The van der Waals surface area contributed by atoms with Gasteiger partial charge in [0, 0.05) is 24.7 Å². The second-order valence-corrected chi connectivity index (χ2v) is 5.04. The first-order valence-electron chi connectivity index (χ1n) is 5.76. The summed E-state index contributed by atoms with van der Waals surface area (Å²) in [4.78, 5) is 0. The smallest absolute Gasteiger partial charge is 0.171 e. The monoisotopic (exact) mass is 319 g/mol. The molecule has 1 rings (SSSR count). The van der Waals surface area contributed by atoms with Crippen molar-refractivity contribution in [3.05, 3.63) is 34.1 Å². The lowest BCUT2D eigenvalue weighted by atomic mass is 10.1. The zero-order valence-corrected chi connectivity index (χ0v) is 12.6. The molecule has 3 nitrogen and oxygen atoms in total. The van der Waals surface area contributed by atoms with Gasteiger partial charge in [-0.25, -0.2) is 4.39 Å². The molecule has 1 aromatic rings. The minimum absolute atomic E-state index is 0.0203. The van der Waals surface area contributed by atoms with Gasteiger partial charge in [0.15, 0.2) is 6.29 Å². The molecular weight excluding hydrogens is 301 g/mol. The molecule has 0 aliphatic carbocycles. The number of methoxy groups -OCH3 is 2. The lowest BCUT2D eigenvalue weighted by Crippen LogP contribution is -2.40. The van der Waals surface area contributed by atoms with Crippen molar-refractivity contribution in [2.24, 2.45) is 0 Å². The first-order valence-corrected chi connectivity index (χ1v) is 6.55. The van der Waals surface area contributed by atoms with Crippen LogP contribution in [0.5, 0.6) is 0 Å². The van der Waals surface area contributed by atoms with E-state index in [4.69, 9.17) is 9.47 Å². The van der Waals surface area contributed by atoms with Gasteiger partial charge in [0.25, 0.3) is 0 Å². The summed E-state index contributed by atoms with van der Waals surface area (Å²) < 4.78 is 24.2. The highest BCUT2D eigenvalue weighted by molar-refractivity contribution is 9.10. The van der Waals surface area contributed by atoms with Gasteiger partial charge in [-0.05, 0) is 31.5 Å². The van der Waals surface area contributed by atoms with E-state index in [2.05, 4.69) is 21.2 Å². The van der Waals surface area contributed by atoms with Gasteiger partial charge in [0.1, 0.15) is 5.82 Å². The summed E-state index contributed by atoms with van der Waals surface area (Å²) in [6, 6.07) is 4.75. The minimum atomic E-state index is -0.313. The highest BCUT2D eigenvalue weighted by atomic mass is 79.9. The first-order chi connectivity index (χ1) is 8.49. The molecule has 0 saturated carbocycles. The molecule has 0 aliphatic heterocycles. The molecule has 5 heteroatoms. The molecular formula is C13H19BrFNO2. The van der Waals surface area contributed by atoms with Crippen LogP contribution in [-0.4, -0.2) is 26.6 Å². The van der Waals surface area contributed by atoms with Gasteiger partial charge in [-0.3, -0.25) is 0 Å². The fourth-order valence-electron chi connectivity index (χ4n) is 1.92. The summed E-state index contributed by atoms with van der Waals surface area (Å²) in [6.07, 6.45) is -0.313. The van der Waals surface area contributed by atoms with E-state index in [-0.39, 0.29) is 24.2 Å². The third-order valence-corrected chi connectivity index (χ3v) is 3.50. The Labute approximate surface area is 116 Å². The maximum atomic E-state index is 13.0. The van der Waals surface area contributed by atoms with Gasteiger partial charge in [-0.1, -0.05) is 22.0 Å².